The highest BCUT2D eigenvalue weighted by atomic mass is 32.2. The Bertz CT molecular complexity index is 1850. The van der Waals surface area contributed by atoms with Crippen LogP contribution in [0.4, 0.5) is 5.69 Å². The summed E-state index contributed by atoms with van der Waals surface area (Å²) in [6.07, 6.45) is 1.56. The summed E-state index contributed by atoms with van der Waals surface area (Å²) in [5.74, 6) is 0. The highest BCUT2D eigenvalue weighted by molar-refractivity contribution is 7.89. The molecule has 0 aliphatic rings. The molecule has 0 aliphatic carbocycles. The van der Waals surface area contributed by atoms with Gasteiger partial charge in [0.25, 0.3) is 15.8 Å². The first-order chi connectivity index (χ1) is 17.9. The fraction of sp³-hybridized carbons (Fsp3) is 0. The number of nitrogens with two attached hydrogens (primary N) is 1. The van der Waals surface area contributed by atoms with Crippen LogP contribution in [0.25, 0.3) is 32.5 Å². The molecule has 13 heteroatoms. The third-order valence-electron chi connectivity index (χ3n) is 5.36. The van der Waals surface area contributed by atoms with Gasteiger partial charge in [0, 0.05) is 29.3 Å². The predicted octanol–water partition coefficient (Wildman–Crippen LogP) is 5.12. The lowest BCUT2D eigenvalue weighted by Crippen LogP contribution is -2.13. The van der Waals surface area contributed by atoms with Gasteiger partial charge in [0.1, 0.15) is 5.01 Å². The summed E-state index contributed by atoms with van der Waals surface area (Å²) >= 11 is 1.28. The largest absolute Gasteiger partial charge is 0.294 e. The number of nitro groups is 1. The molecule has 3 N–H and O–H groups in total. The number of fused-ring (bicyclic) bond motifs is 1. The van der Waals surface area contributed by atoms with Crippen LogP contribution in [0.1, 0.15) is 0 Å². The third kappa shape index (κ3) is 6.27. The van der Waals surface area contributed by atoms with E-state index in [0.717, 1.165) is 10.8 Å². The summed E-state index contributed by atoms with van der Waals surface area (Å²) in [6, 6.07) is 22.5. The number of non-ortho nitro benzene ring substituents is 1. The summed E-state index contributed by atoms with van der Waals surface area (Å²) in [7, 11) is -8.02. The lowest BCUT2D eigenvalue weighted by atomic mass is 10.0. The molecule has 38 heavy (non-hydrogen) atoms. The molecule has 0 spiro atoms. The Morgan fingerprint density at radius 3 is 2.18 bits per heavy atom. The minimum atomic E-state index is -4.09. The number of nitrogens with zero attached hydrogens (tertiary/aromatic N) is 2. The number of primary sulfonamides is 1. The van der Waals surface area contributed by atoms with Crippen molar-refractivity contribution in [2.45, 2.75) is 9.79 Å². The van der Waals surface area contributed by atoms with E-state index in [2.05, 4.69) is 4.98 Å². The molecule has 4 aromatic carbocycles. The molecule has 0 unspecified atom stereocenters. The van der Waals surface area contributed by atoms with Crippen LogP contribution in [0.3, 0.4) is 0 Å². The molecule has 0 radical (unpaired) electrons. The summed E-state index contributed by atoms with van der Waals surface area (Å²) in [5, 5.41) is 20.2. The maximum absolute atomic E-state index is 11.8. The number of rotatable bonds is 5. The number of sulfonamides is 1. The lowest BCUT2D eigenvalue weighted by Gasteiger charge is -2.09. The van der Waals surface area contributed by atoms with Gasteiger partial charge < -0.3 is 0 Å². The maximum Gasteiger partial charge on any atom is 0.294 e. The molecule has 0 aliphatic heterocycles. The normalized spacial score (nSPS) is 11.5. The van der Waals surface area contributed by atoms with Crippen molar-refractivity contribution in [2.24, 2.45) is 5.14 Å². The van der Waals surface area contributed by atoms with E-state index in [1.54, 1.807) is 48.0 Å². The van der Waals surface area contributed by atoms with Gasteiger partial charge >= 0.3 is 0 Å². The van der Waals surface area contributed by atoms with E-state index in [9.17, 15) is 26.9 Å². The van der Waals surface area contributed by atoms with Crippen molar-refractivity contribution >= 4 is 47.9 Å². The highest BCUT2D eigenvalue weighted by Gasteiger charge is 2.18. The van der Waals surface area contributed by atoms with E-state index in [-0.39, 0.29) is 15.5 Å². The number of hydrogen-bond donors (Lipinski definition) is 2. The van der Waals surface area contributed by atoms with Crippen molar-refractivity contribution in [1.29, 1.82) is 0 Å². The summed E-state index contributed by atoms with van der Waals surface area (Å²) in [6.45, 7) is 0. The average molecular weight is 570 g/mol. The molecule has 0 fully saturated rings. The molecule has 0 atom stereocenters. The van der Waals surface area contributed by atoms with Crippen molar-refractivity contribution in [2.75, 3.05) is 0 Å². The zero-order valence-corrected chi connectivity index (χ0v) is 21.8. The molecule has 5 rings (SSSR count). The van der Waals surface area contributed by atoms with Gasteiger partial charge in [-0.1, -0.05) is 48.5 Å². The molecule has 0 saturated heterocycles. The van der Waals surface area contributed by atoms with Gasteiger partial charge in [-0.05, 0) is 46.2 Å². The Kier molecular flexibility index (Phi) is 7.66. The van der Waals surface area contributed by atoms with Gasteiger partial charge in [0.15, 0.2) is 0 Å². The molecule has 10 nitrogen and oxygen atoms in total. The first kappa shape index (κ1) is 27.0. The Labute approximate surface area is 222 Å². The van der Waals surface area contributed by atoms with Crippen molar-refractivity contribution in [3.63, 3.8) is 0 Å². The van der Waals surface area contributed by atoms with Crippen LogP contribution < -0.4 is 5.14 Å². The van der Waals surface area contributed by atoms with Gasteiger partial charge in [0.05, 0.1) is 14.7 Å². The smallest absolute Gasteiger partial charge is 0.282 e. The van der Waals surface area contributed by atoms with Crippen LogP contribution >= 0.6 is 11.3 Å². The van der Waals surface area contributed by atoms with Crippen LogP contribution in [-0.4, -0.2) is 31.3 Å². The molecule has 194 valence electrons. The van der Waals surface area contributed by atoms with E-state index in [4.69, 9.17) is 9.69 Å². The molecule has 0 amide bonds. The molecule has 1 heterocycles. The average Bonchev–Trinajstić information content (AvgIpc) is 3.42. The van der Waals surface area contributed by atoms with Crippen molar-refractivity contribution in [3.05, 3.63) is 107 Å². The zero-order valence-electron chi connectivity index (χ0n) is 19.3. The van der Waals surface area contributed by atoms with Gasteiger partial charge in [-0.15, -0.1) is 11.3 Å². The lowest BCUT2D eigenvalue weighted by molar-refractivity contribution is -0.384. The monoisotopic (exact) mass is 569 g/mol. The minimum Gasteiger partial charge on any atom is -0.282 e. The molecule has 0 saturated carbocycles. The predicted molar refractivity (Wildman–Crippen MR) is 145 cm³/mol. The number of thiazole rings is 1. The Hall–Kier alpha value is -4.01. The highest BCUT2D eigenvalue weighted by Crippen LogP contribution is 2.33. The van der Waals surface area contributed by atoms with E-state index < -0.39 is 25.1 Å². The third-order valence-corrected chi connectivity index (χ3v) is 7.98. The number of aromatic nitrogens is 1. The SMILES string of the molecule is NS(=O)(=O)c1ccc(-c2cccc([N+](=O)[O-])c2)cc1-c1nccs1.O=S(=O)(O)c1ccc2ccccc2c1. The van der Waals surface area contributed by atoms with Gasteiger partial charge in [-0.2, -0.15) is 8.42 Å². The van der Waals surface area contributed by atoms with Crippen LogP contribution in [0, 0.1) is 10.1 Å². The standard InChI is InChI=1S/C15H11N3O4S2.C10H8O3S/c16-24(21,22)14-5-4-11(9-13(14)15-17-6-7-23-15)10-2-1-3-12(8-10)18(19)20;11-14(12,13)10-6-5-8-3-1-2-4-9(8)7-10/h1-9H,(H2,16,21,22);1-7H,(H,11,12,13). The number of benzene rings is 4. The van der Waals surface area contributed by atoms with Crippen molar-refractivity contribution in [1.82, 2.24) is 4.98 Å². The molecule has 5 aromatic rings. The second-order valence-electron chi connectivity index (χ2n) is 7.88. The van der Waals surface area contributed by atoms with E-state index in [1.807, 2.05) is 18.2 Å². The summed E-state index contributed by atoms with van der Waals surface area (Å²) < 4.78 is 54.1. The molecular weight excluding hydrogens is 550 g/mol. The van der Waals surface area contributed by atoms with Crippen molar-refractivity contribution in [3.8, 4) is 21.7 Å². The van der Waals surface area contributed by atoms with Gasteiger partial charge in [-0.3, -0.25) is 14.7 Å². The fourth-order valence-corrected chi connectivity index (χ4v) is 5.58. The second-order valence-corrected chi connectivity index (χ2v) is 11.7. The molecule has 1 aromatic heterocycles. The van der Waals surface area contributed by atoms with E-state index in [0.29, 0.717) is 21.7 Å². The second kappa shape index (κ2) is 10.8. The first-order valence-electron chi connectivity index (χ1n) is 10.7. The summed E-state index contributed by atoms with van der Waals surface area (Å²) in [4.78, 5) is 14.5. The number of hydrogen-bond acceptors (Lipinski definition) is 8. The van der Waals surface area contributed by atoms with E-state index in [1.165, 1.54) is 41.7 Å². The quantitative estimate of drug-likeness (QED) is 0.167. The fourth-order valence-electron chi connectivity index (χ4n) is 3.61. The molecular formula is C25H19N3O7S3. The first-order valence-corrected chi connectivity index (χ1v) is 14.6. The number of nitro benzene ring substituents is 1. The summed E-state index contributed by atoms with van der Waals surface area (Å²) in [5.41, 5.74) is 1.56. The molecule has 0 bridgehead atoms. The Morgan fingerprint density at radius 1 is 0.842 bits per heavy atom. The Balaban J connectivity index is 0.000000204. The van der Waals surface area contributed by atoms with Crippen LogP contribution in [0.5, 0.6) is 0 Å². The van der Waals surface area contributed by atoms with Crippen molar-refractivity contribution < 1.29 is 26.3 Å². The Morgan fingerprint density at radius 2 is 1.55 bits per heavy atom. The van der Waals surface area contributed by atoms with E-state index >= 15 is 0 Å². The maximum atomic E-state index is 11.8. The van der Waals surface area contributed by atoms with Crippen LogP contribution in [0.15, 0.2) is 106 Å². The van der Waals surface area contributed by atoms with Crippen LogP contribution in [0.2, 0.25) is 0 Å². The van der Waals surface area contributed by atoms with Crippen LogP contribution in [-0.2, 0) is 20.1 Å². The van der Waals surface area contributed by atoms with Gasteiger partial charge in [0.2, 0.25) is 10.0 Å². The zero-order chi connectivity index (χ0) is 27.5. The topological polar surface area (TPSA) is 171 Å². The van der Waals surface area contributed by atoms with Gasteiger partial charge in [-0.25, -0.2) is 18.5 Å². The minimum absolute atomic E-state index is 0.0355.